The number of nitrogens with one attached hydrogen (secondary N) is 3. The van der Waals surface area contributed by atoms with Crippen molar-refractivity contribution in [3.63, 3.8) is 0 Å². The quantitative estimate of drug-likeness (QED) is 0.688. The van der Waals surface area contributed by atoms with Crippen LogP contribution in [0.4, 0.5) is 4.79 Å². The molecule has 106 valence electrons. The van der Waals surface area contributed by atoms with Gasteiger partial charge in [0.05, 0.1) is 12.2 Å². The van der Waals surface area contributed by atoms with Crippen LogP contribution in [0.15, 0.2) is 0 Å². The van der Waals surface area contributed by atoms with Crippen molar-refractivity contribution in [1.82, 2.24) is 16.0 Å². The molecule has 0 aromatic rings. The summed E-state index contributed by atoms with van der Waals surface area (Å²) in [6.45, 7) is 3.02. The smallest absolute Gasteiger partial charge is 0.315 e. The van der Waals surface area contributed by atoms with Gasteiger partial charge in [-0.3, -0.25) is 0 Å². The summed E-state index contributed by atoms with van der Waals surface area (Å²) in [5.74, 6) is 0.0969. The van der Waals surface area contributed by atoms with Gasteiger partial charge in [-0.25, -0.2) is 4.79 Å². The molecule has 0 spiro atoms. The Morgan fingerprint density at radius 1 is 1.47 bits per heavy atom. The number of hydrogen-bond donors (Lipinski definition) is 3. The van der Waals surface area contributed by atoms with E-state index in [9.17, 15) is 4.79 Å². The van der Waals surface area contributed by atoms with Crippen molar-refractivity contribution in [2.24, 2.45) is 5.92 Å². The molecule has 2 rings (SSSR count). The summed E-state index contributed by atoms with van der Waals surface area (Å²) in [7, 11) is 0. The number of hydrogen-bond acceptors (Lipinski definition) is 4. The topological polar surface area (TPSA) is 86.2 Å². The van der Waals surface area contributed by atoms with E-state index in [2.05, 4.69) is 22.0 Å². The molecule has 3 N–H and O–H groups in total. The Bertz CT molecular complexity index is 334. The number of rotatable bonds is 3. The van der Waals surface area contributed by atoms with Crippen LogP contribution in [0.5, 0.6) is 0 Å². The summed E-state index contributed by atoms with van der Waals surface area (Å²) in [6, 6.07) is 2.24. The standard InChI is InChI=1S/C13H22N4O2/c14-7-10-2-3-11(6-10)17-13(18)16-9-12-8-15-4-1-5-19-12/h10-12,15H,1-6,8-9H2,(H2,16,17,18)/t10-,11+,12?/m0/s1. The van der Waals surface area contributed by atoms with E-state index in [1.165, 1.54) is 0 Å². The second kappa shape index (κ2) is 7.31. The second-order valence-electron chi connectivity index (χ2n) is 5.24. The van der Waals surface area contributed by atoms with Crippen LogP contribution in [0.3, 0.4) is 0 Å². The monoisotopic (exact) mass is 266 g/mol. The van der Waals surface area contributed by atoms with Gasteiger partial charge in [0.15, 0.2) is 0 Å². The molecule has 1 saturated heterocycles. The van der Waals surface area contributed by atoms with Crippen molar-refractivity contribution in [3.05, 3.63) is 0 Å². The van der Waals surface area contributed by atoms with Crippen molar-refractivity contribution in [1.29, 1.82) is 5.26 Å². The lowest BCUT2D eigenvalue weighted by Gasteiger charge is -2.17. The predicted octanol–water partition coefficient (Wildman–Crippen LogP) is 0.356. The molecule has 6 nitrogen and oxygen atoms in total. The third-order valence-electron chi connectivity index (χ3n) is 3.66. The molecule has 6 heteroatoms. The SMILES string of the molecule is N#C[C@H]1CC[C@@H](NC(=O)NCC2CNCCCO2)C1. The minimum atomic E-state index is -0.156. The predicted molar refractivity (Wildman–Crippen MR) is 70.5 cm³/mol. The van der Waals surface area contributed by atoms with Crippen LogP contribution < -0.4 is 16.0 Å². The molecular weight excluding hydrogens is 244 g/mol. The molecule has 0 radical (unpaired) electrons. The molecule has 0 bridgehead atoms. The van der Waals surface area contributed by atoms with Gasteiger partial charge in [0.25, 0.3) is 0 Å². The van der Waals surface area contributed by atoms with Gasteiger partial charge in [-0.1, -0.05) is 0 Å². The van der Waals surface area contributed by atoms with Crippen molar-refractivity contribution < 1.29 is 9.53 Å². The molecule has 1 heterocycles. The highest BCUT2D eigenvalue weighted by Crippen LogP contribution is 2.24. The first kappa shape index (κ1) is 14.1. The Morgan fingerprint density at radius 3 is 3.16 bits per heavy atom. The highest BCUT2D eigenvalue weighted by Gasteiger charge is 2.25. The van der Waals surface area contributed by atoms with Crippen molar-refractivity contribution in [2.45, 2.75) is 37.8 Å². The summed E-state index contributed by atoms with van der Waals surface area (Å²) in [4.78, 5) is 11.7. The maximum Gasteiger partial charge on any atom is 0.315 e. The molecule has 1 aliphatic carbocycles. The van der Waals surface area contributed by atoms with Gasteiger partial charge in [0, 0.05) is 31.7 Å². The zero-order valence-corrected chi connectivity index (χ0v) is 11.2. The maximum absolute atomic E-state index is 11.7. The van der Waals surface area contributed by atoms with E-state index in [1.54, 1.807) is 0 Å². The molecular formula is C13H22N4O2. The van der Waals surface area contributed by atoms with E-state index in [0.717, 1.165) is 45.4 Å². The molecule has 1 aliphatic heterocycles. The summed E-state index contributed by atoms with van der Waals surface area (Å²) in [5, 5.41) is 17.9. The Morgan fingerprint density at radius 2 is 2.37 bits per heavy atom. The van der Waals surface area contributed by atoms with Gasteiger partial charge >= 0.3 is 6.03 Å². The van der Waals surface area contributed by atoms with E-state index in [-0.39, 0.29) is 24.1 Å². The first-order valence-corrected chi connectivity index (χ1v) is 7.04. The van der Waals surface area contributed by atoms with Crippen LogP contribution in [-0.4, -0.2) is 44.4 Å². The lowest BCUT2D eigenvalue weighted by Crippen LogP contribution is -2.45. The molecule has 2 amide bonds. The van der Waals surface area contributed by atoms with Crippen molar-refractivity contribution in [2.75, 3.05) is 26.2 Å². The second-order valence-corrected chi connectivity index (χ2v) is 5.24. The third-order valence-corrected chi connectivity index (χ3v) is 3.66. The zero-order valence-electron chi connectivity index (χ0n) is 11.2. The Hall–Kier alpha value is -1.32. The number of carbonyl (C=O) groups is 1. The number of urea groups is 1. The molecule has 19 heavy (non-hydrogen) atoms. The van der Waals surface area contributed by atoms with Crippen LogP contribution in [-0.2, 0) is 4.74 Å². The van der Waals surface area contributed by atoms with Gasteiger partial charge in [0.1, 0.15) is 0 Å². The van der Waals surface area contributed by atoms with Gasteiger partial charge in [-0.2, -0.15) is 5.26 Å². The molecule has 1 unspecified atom stereocenters. The van der Waals surface area contributed by atoms with Gasteiger partial charge < -0.3 is 20.7 Å². The summed E-state index contributed by atoms with van der Waals surface area (Å²) >= 11 is 0. The van der Waals surface area contributed by atoms with E-state index in [0.29, 0.717) is 6.54 Å². The van der Waals surface area contributed by atoms with Crippen molar-refractivity contribution >= 4 is 6.03 Å². The van der Waals surface area contributed by atoms with Gasteiger partial charge in [-0.05, 0) is 32.2 Å². The largest absolute Gasteiger partial charge is 0.375 e. The van der Waals surface area contributed by atoms with Crippen LogP contribution in [0, 0.1) is 17.2 Å². The van der Waals surface area contributed by atoms with Crippen LogP contribution in [0.2, 0.25) is 0 Å². The Labute approximate surface area is 113 Å². The molecule has 2 aliphatic rings. The fraction of sp³-hybridized carbons (Fsp3) is 0.846. The van der Waals surface area contributed by atoms with Crippen LogP contribution >= 0.6 is 0 Å². The normalized spacial score (nSPS) is 31.2. The lowest BCUT2D eigenvalue weighted by atomic mass is 10.1. The van der Waals surface area contributed by atoms with E-state index < -0.39 is 0 Å². The Balaban J connectivity index is 1.63. The first-order valence-electron chi connectivity index (χ1n) is 7.04. The van der Waals surface area contributed by atoms with Crippen molar-refractivity contribution in [3.8, 4) is 6.07 Å². The molecule has 0 aromatic heterocycles. The number of nitriles is 1. The molecule has 3 atom stereocenters. The number of ether oxygens (including phenoxy) is 1. The third kappa shape index (κ3) is 4.69. The summed E-state index contributed by atoms with van der Waals surface area (Å²) in [5.41, 5.74) is 0. The highest BCUT2D eigenvalue weighted by molar-refractivity contribution is 5.74. The van der Waals surface area contributed by atoms with E-state index >= 15 is 0 Å². The number of amides is 2. The highest BCUT2D eigenvalue weighted by atomic mass is 16.5. The number of nitrogens with zero attached hydrogens (tertiary/aromatic N) is 1. The van der Waals surface area contributed by atoms with Gasteiger partial charge in [-0.15, -0.1) is 0 Å². The fourth-order valence-corrected chi connectivity index (χ4v) is 2.57. The minimum Gasteiger partial charge on any atom is -0.375 e. The molecule has 2 fully saturated rings. The minimum absolute atomic E-state index is 0.0451. The van der Waals surface area contributed by atoms with E-state index in [1.807, 2.05) is 0 Å². The van der Waals surface area contributed by atoms with Crippen LogP contribution in [0.25, 0.3) is 0 Å². The Kier molecular flexibility index (Phi) is 5.43. The zero-order chi connectivity index (χ0) is 13.5. The van der Waals surface area contributed by atoms with Gasteiger partial charge in [0.2, 0.25) is 0 Å². The number of carbonyl (C=O) groups excluding carboxylic acids is 1. The average molecular weight is 266 g/mol. The molecule has 0 aromatic carbocycles. The maximum atomic E-state index is 11.7. The summed E-state index contributed by atoms with van der Waals surface area (Å²) in [6.07, 6.45) is 3.61. The first-order chi connectivity index (χ1) is 9.28. The van der Waals surface area contributed by atoms with E-state index in [4.69, 9.17) is 10.00 Å². The fourth-order valence-electron chi connectivity index (χ4n) is 2.57. The molecule has 1 saturated carbocycles. The average Bonchev–Trinajstić information content (AvgIpc) is 2.70. The lowest BCUT2D eigenvalue weighted by molar-refractivity contribution is 0.0684. The summed E-state index contributed by atoms with van der Waals surface area (Å²) < 4.78 is 5.61. The van der Waals surface area contributed by atoms with Crippen LogP contribution in [0.1, 0.15) is 25.7 Å².